The lowest BCUT2D eigenvalue weighted by Gasteiger charge is -1.95. The molecule has 14 heavy (non-hydrogen) atoms. The minimum absolute atomic E-state index is 0.489. The van der Waals surface area contributed by atoms with Crippen LogP contribution < -0.4 is 0 Å². The smallest absolute Gasteiger partial charge is 0.151 e. The number of halogens is 1. The van der Waals surface area contributed by atoms with Crippen molar-refractivity contribution >= 4 is 39.3 Å². The van der Waals surface area contributed by atoms with Crippen molar-refractivity contribution in [3.05, 3.63) is 34.2 Å². The molecule has 2 rings (SSSR count). The Morgan fingerprint density at radius 2 is 2.29 bits per heavy atom. The average molecular weight is 225 g/mol. The van der Waals surface area contributed by atoms with E-state index in [1.54, 1.807) is 11.3 Å². The Hall–Kier alpha value is -0.860. The molecule has 0 atom stereocenters. The van der Waals surface area contributed by atoms with Gasteiger partial charge in [-0.25, -0.2) is 0 Å². The van der Waals surface area contributed by atoms with E-state index in [1.807, 2.05) is 25.1 Å². The molecule has 3 heteroatoms. The van der Waals surface area contributed by atoms with E-state index < -0.39 is 0 Å². The Labute approximate surface area is 91.3 Å². The molecule has 2 aromatic rings. The molecule has 0 saturated carbocycles. The van der Waals surface area contributed by atoms with Gasteiger partial charge in [0.2, 0.25) is 0 Å². The zero-order chi connectivity index (χ0) is 10.1. The van der Waals surface area contributed by atoms with Crippen molar-refractivity contribution in [1.82, 2.24) is 0 Å². The molecule has 1 aromatic carbocycles. The van der Waals surface area contributed by atoms with Gasteiger partial charge in [0.25, 0.3) is 0 Å². The van der Waals surface area contributed by atoms with E-state index in [-0.39, 0.29) is 0 Å². The summed E-state index contributed by atoms with van der Waals surface area (Å²) in [5, 5.41) is 1.03. The number of carbonyl (C=O) groups excluding carboxylic acids is 1. The average Bonchev–Trinajstić information content (AvgIpc) is 2.52. The highest BCUT2D eigenvalue weighted by molar-refractivity contribution is 7.19. The van der Waals surface area contributed by atoms with Crippen molar-refractivity contribution in [2.75, 3.05) is 0 Å². The van der Waals surface area contributed by atoms with E-state index in [4.69, 9.17) is 11.6 Å². The molecule has 72 valence electrons. The number of aryl methyl sites for hydroxylation is 1. The van der Waals surface area contributed by atoms with E-state index in [9.17, 15) is 4.79 Å². The van der Waals surface area contributed by atoms with E-state index in [1.165, 1.54) is 0 Å². The van der Waals surface area contributed by atoms with Gasteiger partial charge in [0.15, 0.2) is 6.29 Å². The minimum Gasteiger partial charge on any atom is -0.298 e. The summed E-state index contributed by atoms with van der Waals surface area (Å²) in [6.45, 7) is 1.97. The number of hydrogen-bond donors (Lipinski definition) is 0. The molecule has 1 heterocycles. The fourth-order valence-corrected chi connectivity index (χ4v) is 2.69. The highest BCUT2D eigenvalue weighted by Gasteiger charge is 2.08. The second-order valence-electron chi connectivity index (χ2n) is 3.15. The molecule has 1 aromatic heterocycles. The van der Waals surface area contributed by atoms with Gasteiger partial charge in [-0.05, 0) is 24.6 Å². The van der Waals surface area contributed by atoms with E-state index in [0.717, 1.165) is 32.4 Å². The fourth-order valence-electron chi connectivity index (χ4n) is 1.52. The van der Waals surface area contributed by atoms with Gasteiger partial charge in [0.1, 0.15) is 0 Å². The summed E-state index contributed by atoms with van der Waals surface area (Å²) < 4.78 is 1.15. The number of fused-ring (bicyclic) bond motifs is 1. The summed E-state index contributed by atoms with van der Waals surface area (Å²) in [4.78, 5) is 11.9. The van der Waals surface area contributed by atoms with Crippen LogP contribution in [0, 0.1) is 6.92 Å². The lowest BCUT2D eigenvalue weighted by atomic mass is 10.1. The van der Waals surface area contributed by atoms with Crippen molar-refractivity contribution in [1.29, 1.82) is 0 Å². The summed E-state index contributed by atoms with van der Waals surface area (Å²) in [6, 6.07) is 6.02. The first-order chi connectivity index (χ1) is 6.76. The van der Waals surface area contributed by atoms with Crippen molar-refractivity contribution in [2.45, 2.75) is 12.8 Å². The number of alkyl halides is 1. The van der Waals surface area contributed by atoms with Gasteiger partial charge < -0.3 is 0 Å². The lowest BCUT2D eigenvalue weighted by Crippen LogP contribution is -1.81. The number of thiophene rings is 1. The van der Waals surface area contributed by atoms with Gasteiger partial charge in [-0.3, -0.25) is 4.79 Å². The SMILES string of the molecule is Cc1sc2ccc(CCl)cc2c1C=O. The van der Waals surface area contributed by atoms with Crippen LogP contribution in [0.5, 0.6) is 0 Å². The highest BCUT2D eigenvalue weighted by Crippen LogP contribution is 2.30. The molecule has 1 nitrogen and oxygen atoms in total. The molecule has 0 radical (unpaired) electrons. The largest absolute Gasteiger partial charge is 0.298 e. The molecular formula is C11H9ClOS. The standard InChI is InChI=1S/C11H9ClOS/c1-7-10(6-13)9-4-8(5-12)2-3-11(9)14-7/h2-4,6H,5H2,1H3. The van der Waals surface area contributed by atoms with E-state index in [0.29, 0.717) is 5.88 Å². The molecule has 0 aliphatic heterocycles. The van der Waals surface area contributed by atoms with Gasteiger partial charge >= 0.3 is 0 Å². The van der Waals surface area contributed by atoms with Crippen molar-refractivity contribution in [2.24, 2.45) is 0 Å². The summed E-state index contributed by atoms with van der Waals surface area (Å²) in [6.07, 6.45) is 0.923. The maximum absolute atomic E-state index is 10.9. The number of carbonyl (C=O) groups is 1. The predicted molar refractivity (Wildman–Crippen MR) is 61.5 cm³/mol. The topological polar surface area (TPSA) is 17.1 Å². The monoisotopic (exact) mass is 224 g/mol. The molecule has 0 spiro atoms. The zero-order valence-electron chi connectivity index (χ0n) is 7.71. The molecular weight excluding hydrogens is 216 g/mol. The van der Waals surface area contributed by atoms with Crippen molar-refractivity contribution < 1.29 is 4.79 Å². The summed E-state index contributed by atoms with van der Waals surface area (Å²) in [5.41, 5.74) is 1.86. The van der Waals surface area contributed by atoms with E-state index in [2.05, 4.69) is 0 Å². The Morgan fingerprint density at radius 1 is 1.50 bits per heavy atom. The molecule has 0 aliphatic carbocycles. The third kappa shape index (κ3) is 1.45. The van der Waals surface area contributed by atoms with Gasteiger partial charge in [-0.1, -0.05) is 6.07 Å². The van der Waals surface area contributed by atoms with Crippen LogP contribution in [0.4, 0.5) is 0 Å². The number of hydrogen-bond acceptors (Lipinski definition) is 2. The van der Waals surface area contributed by atoms with Crippen LogP contribution in [0.2, 0.25) is 0 Å². The number of rotatable bonds is 2. The van der Waals surface area contributed by atoms with Gasteiger partial charge in [0, 0.05) is 26.4 Å². The minimum atomic E-state index is 0.489. The Bertz CT molecular complexity index is 487. The summed E-state index contributed by atoms with van der Waals surface area (Å²) in [5.74, 6) is 0.489. The lowest BCUT2D eigenvalue weighted by molar-refractivity contribution is 0.112. The highest BCUT2D eigenvalue weighted by atomic mass is 35.5. The quantitative estimate of drug-likeness (QED) is 0.561. The molecule has 0 bridgehead atoms. The zero-order valence-corrected chi connectivity index (χ0v) is 9.28. The Kier molecular flexibility index (Phi) is 2.57. The summed E-state index contributed by atoms with van der Waals surface area (Å²) >= 11 is 7.39. The second kappa shape index (κ2) is 3.71. The first kappa shape index (κ1) is 9.69. The van der Waals surface area contributed by atoms with Gasteiger partial charge in [0.05, 0.1) is 0 Å². The first-order valence-electron chi connectivity index (χ1n) is 4.29. The van der Waals surface area contributed by atoms with Crippen LogP contribution in [0.1, 0.15) is 20.8 Å². The predicted octanol–water partition coefficient (Wildman–Crippen LogP) is 3.76. The normalized spacial score (nSPS) is 10.7. The molecule has 0 aliphatic rings. The molecule has 0 unspecified atom stereocenters. The van der Waals surface area contributed by atoms with Crippen molar-refractivity contribution in [3.8, 4) is 0 Å². The van der Waals surface area contributed by atoms with Crippen LogP contribution in [0.15, 0.2) is 18.2 Å². The molecule has 0 saturated heterocycles. The number of aldehydes is 1. The summed E-state index contributed by atoms with van der Waals surface area (Å²) in [7, 11) is 0. The second-order valence-corrected chi connectivity index (χ2v) is 4.68. The Balaban J connectivity index is 2.77. The van der Waals surface area contributed by atoms with Crippen LogP contribution >= 0.6 is 22.9 Å². The van der Waals surface area contributed by atoms with Gasteiger partial charge in [-0.15, -0.1) is 22.9 Å². The Morgan fingerprint density at radius 3 is 2.93 bits per heavy atom. The van der Waals surface area contributed by atoms with Crippen LogP contribution in [-0.2, 0) is 5.88 Å². The molecule has 0 N–H and O–H groups in total. The third-order valence-corrected chi connectivity index (χ3v) is 3.66. The fraction of sp³-hybridized carbons (Fsp3) is 0.182. The van der Waals surface area contributed by atoms with Crippen LogP contribution in [-0.4, -0.2) is 6.29 Å². The van der Waals surface area contributed by atoms with Gasteiger partial charge in [-0.2, -0.15) is 0 Å². The third-order valence-electron chi connectivity index (χ3n) is 2.25. The van der Waals surface area contributed by atoms with Crippen LogP contribution in [0.3, 0.4) is 0 Å². The van der Waals surface area contributed by atoms with E-state index >= 15 is 0 Å². The van der Waals surface area contributed by atoms with Crippen LogP contribution in [0.25, 0.3) is 10.1 Å². The molecule has 0 fully saturated rings. The molecule has 0 amide bonds. The van der Waals surface area contributed by atoms with Crippen molar-refractivity contribution in [3.63, 3.8) is 0 Å². The maximum Gasteiger partial charge on any atom is 0.151 e. The first-order valence-corrected chi connectivity index (χ1v) is 5.64. The maximum atomic E-state index is 10.9. The number of benzene rings is 1.